The van der Waals surface area contributed by atoms with Crippen LogP contribution in [0.4, 0.5) is 5.82 Å². The highest BCUT2D eigenvalue weighted by Crippen LogP contribution is 2.29. The molecule has 0 saturated carbocycles. The van der Waals surface area contributed by atoms with Gasteiger partial charge in [-0.2, -0.15) is 9.78 Å². The lowest BCUT2D eigenvalue weighted by molar-refractivity contribution is 0.787. The van der Waals surface area contributed by atoms with Crippen molar-refractivity contribution in [3.8, 4) is 39.7 Å². The molecular formula is C25H20N6. The normalized spacial score (nSPS) is 10.9. The predicted molar refractivity (Wildman–Crippen MR) is 122 cm³/mol. The van der Waals surface area contributed by atoms with E-state index in [2.05, 4.69) is 22.2 Å². The monoisotopic (exact) mass is 404 g/mol. The molecule has 0 aliphatic heterocycles. The van der Waals surface area contributed by atoms with E-state index in [1.165, 1.54) is 10.2 Å². The molecule has 31 heavy (non-hydrogen) atoms. The number of aromatic nitrogens is 5. The summed E-state index contributed by atoms with van der Waals surface area (Å²) in [6.07, 6.45) is 0. The van der Waals surface area contributed by atoms with Crippen LogP contribution in [0.3, 0.4) is 0 Å². The Morgan fingerprint density at radius 2 is 1.29 bits per heavy atom. The highest BCUT2D eigenvalue weighted by Gasteiger charge is 2.17. The minimum Gasteiger partial charge on any atom is -0.383 e. The zero-order valence-electron chi connectivity index (χ0n) is 17.0. The first-order valence-corrected chi connectivity index (χ1v) is 9.97. The fourth-order valence-corrected chi connectivity index (χ4v) is 3.42. The number of rotatable bonds is 4. The molecule has 3 aromatic carbocycles. The van der Waals surface area contributed by atoms with Gasteiger partial charge in [-0.15, -0.1) is 10.2 Å². The molecule has 2 aromatic heterocycles. The summed E-state index contributed by atoms with van der Waals surface area (Å²) in [5.74, 6) is 0.776. The van der Waals surface area contributed by atoms with E-state index in [1.807, 2.05) is 91.0 Å². The Kier molecular flexibility index (Phi) is 4.72. The van der Waals surface area contributed by atoms with Crippen molar-refractivity contribution in [3.63, 3.8) is 0 Å². The largest absolute Gasteiger partial charge is 0.383 e. The molecule has 2 N–H and O–H groups in total. The molecule has 0 unspecified atom stereocenters. The second-order valence-corrected chi connectivity index (χ2v) is 7.27. The molecule has 150 valence electrons. The van der Waals surface area contributed by atoms with Crippen LogP contribution in [0.25, 0.3) is 39.7 Å². The maximum Gasteiger partial charge on any atom is 0.272 e. The Morgan fingerprint density at radius 1 is 0.677 bits per heavy atom. The summed E-state index contributed by atoms with van der Waals surface area (Å²) in [5, 5.41) is 13.5. The molecule has 0 fully saturated rings. The Hall–Kier alpha value is -4.32. The van der Waals surface area contributed by atoms with Crippen molar-refractivity contribution < 1.29 is 0 Å². The zero-order chi connectivity index (χ0) is 21.2. The van der Waals surface area contributed by atoms with Crippen LogP contribution >= 0.6 is 0 Å². The minimum atomic E-state index is 0.328. The van der Waals surface area contributed by atoms with Crippen molar-refractivity contribution in [2.75, 3.05) is 5.73 Å². The van der Waals surface area contributed by atoms with Gasteiger partial charge < -0.3 is 5.73 Å². The first-order chi connectivity index (χ1) is 15.2. The average Bonchev–Trinajstić information content (AvgIpc) is 3.22. The van der Waals surface area contributed by atoms with Gasteiger partial charge in [-0.3, -0.25) is 0 Å². The van der Waals surface area contributed by atoms with Crippen molar-refractivity contribution in [3.05, 3.63) is 96.6 Å². The van der Waals surface area contributed by atoms with Gasteiger partial charge in [0.2, 0.25) is 0 Å². The fraction of sp³-hybridized carbons (Fsp3) is 0.0400. The van der Waals surface area contributed by atoms with Crippen LogP contribution in [0, 0.1) is 6.92 Å². The summed E-state index contributed by atoms with van der Waals surface area (Å²) in [7, 11) is 0. The standard InChI is InChI=1S/C25H20N6/c1-17-12-14-18(15-13-17)21-16-22(26)31(30-21)25-27-23(19-8-4-2-5-9-19)24(28-29-25)20-10-6-3-7-11-20/h2-16H,26H2,1H3. The molecule has 6 nitrogen and oxygen atoms in total. The molecule has 0 atom stereocenters. The first kappa shape index (κ1) is 18.7. The molecule has 2 heterocycles. The molecule has 5 rings (SSSR count). The third-order valence-corrected chi connectivity index (χ3v) is 5.04. The Morgan fingerprint density at radius 3 is 1.94 bits per heavy atom. The zero-order valence-corrected chi connectivity index (χ0v) is 17.0. The second kappa shape index (κ2) is 7.84. The van der Waals surface area contributed by atoms with E-state index < -0.39 is 0 Å². The van der Waals surface area contributed by atoms with Gasteiger partial charge in [0.05, 0.1) is 5.69 Å². The topological polar surface area (TPSA) is 82.5 Å². The van der Waals surface area contributed by atoms with Crippen LogP contribution in [0.2, 0.25) is 0 Å². The molecule has 0 aliphatic carbocycles. The number of nitrogens with zero attached hydrogens (tertiary/aromatic N) is 5. The Labute approximate surface area is 180 Å². The molecule has 5 aromatic rings. The van der Waals surface area contributed by atoms with Gasteiger partial charge in [-0.1, -0.05) is 90.5 Å². The van der Waals surface area contributed by atoms with Gasteiger partial charge >= 0.3 is 0 Å². The maximum absolute atomic E-state index is 6.27. The lowest BCUT2D eigenvalue weighted by atomic mass is 10.0. The summed E-state index contributed by atoms with van der Waals surface area (Å²) in [4.78, 5) is 4.82. The smallest absolute Gasteiger partial charge is 0.272 e. The van der Waals surface area contributed by atoms with E-state index in [9.17, 15) is 0 Å². The van der Waals surface area contributed by atoms with Crippen LogP contribution in [0.15, 0.2) is 91.0 Å². The van der Waals surface area contributed by atoms with Crippen molar-refractivity contribution >= 4 is 5.82 Å². The van der Waals surface area contributed by atoms with E-state index in [0.717, 1.165) is 28.1 Å². The molecule has 0 saturated heterocycles. The number of nitrogens with two attached hydrogens (primary N) is 1. The van der Waals surface area contributed by atoms with Crippen molar-refractivity contribution in [1.82, 2.24) is 25.0 Å². The van der Waals surface area contributed by atoms with Gasteiger partial charge in [-0.05, 0) is 6.92 Å². The predicted octanol–water partition coefficient (Wildman–Crippen LogP) is 4.95. The van der Waals surface area contributed by atoms with Crippen LogP contribution < -0.4 is 5.73 Å². The molecule has 0 amide bonds. The minimum absolute atomic E-state index is 0.328. The SMILES string of the molecule is Cc1ccc(-c2cc(N)n(-c3nnc(-c4ccccc4)c(-c4ccccc4)n3)n2)cc1. The van der Waals surface area contributed by atoms with Gasteiger partial charge in [0, 0.05) is 22.8 Å². The van der Waals surface area contributed by atoms with Gasteiger partial charge in [0.25, 0.3) is 5.95 Å². The number of anilines is 1. The number of nitrogen functional groups attached to an aromatic ring is 1. The molecule has 6 heteroatoms. The number of aryl methyl sites for hydroxylation is 1. The maximum atomic E-state index is 6.27. The highest BCUT2D eigenvalue weighted by atomic mass is 15.4. The molecular weight excluding hydrogens is 384 g/mol. The van der Waals surface area contributed by atoms with E-state index in [-0.39, 0.29) is 0 Å². The van der Waals surface area contributed by atoms with Crippen LogP contribution in [0.1, 0.15) is 5.56 Å². The summed E-state index contributed by atoms with van der Waals surface area (Å²) in [6, 6.07) is 29.8. The van der Waals surface area contributed by atoms with E-state index in [0.29, 0.717) is 17.5 Å². The molecule has 0 radical (unpaired) electrons. The van der Waals surface area contributed by atoms with E-state index in [1.54, 1.807) is 0 Å². The van der Waals surface area contributed by atoms with Crippen LogP contribution in [0.5, 0.6) is 0 Å². The Balaban J connectivity index is 1.64. The number of hydrogen-bond acceptors (Lipinski definition) is 5. The van der Waals surface area contributed by atoms with E-state index >= 15 is 0 Å². The summed E-state index contributed by atoms with van der Waals surface area (Å²) in [6.45, 7) is 2.05. The lowest BCUT2D eigenvalue weighted by Gasteiger charge is -2.10. The van der Waals surface area contributed by atoms with Crippen molar-refractivity contribution in [2.45, 2.75) is 6.92 Å². The van der Waals surface area contributed by atoms with Gasteiger partial charge in [0.15, 0.2) is 0 Å². The fourth-order valence-electron chi connectivity index (χ4n) is 3.42. The van der Waals surface area contributed by atoms with Crippen molar-refractivity contribution in [1.29, 1.82) is 0 Å². The Bertz CT molecular complexity index is 1330. The van der Waals surface area contributed by atoms with Gasteiger partial charge in [-0.25, -0.2) is 4.98 Å². The van der Waals surface area contributed by atoms with Gasteiger partial charge in [0.1, 0.15) is 17.2 Å². The third-order valence-electron chi connectivity index (χ3n) is 5.04. The molecule has 0 aliphatic rings. The first-order valence-electron chi connectivity index (χ1n) is 9.97. The second-order valence-electron chi connectivity index (χ2n) is 7.27. The highest BCUT2D eigenvalue weighted by molar-refractivity contribution is 5.77. The summed E-state index contributed by atoms with van der Waals surface area (Å²) < 4.78 is 1.53. The quantitative estimate of drug-likeness (QED) is 0.458. The third kappa shape index (κ3) is 3.67. The van der Waals surface area contributed by atoms with Crippen LogP contribution in [-0.4, -0.2) is 25.0 Å². The number of hydrogen-bond donors (Lipinski definition) is 1. The lowest BCUT2D eigenvalue weighted by Crippen LogP contribution is -2.09. The van der Waals surface area contributed by atoms with E-state index in [4.69, 9.17) is 10.7 Å². The number of benzene rings is 3. The summed E-state index contributed by atoms with van der Waals surface area (Å²) in [5.41, 5.74) is 12.5. The molecule has 0 spiro atoms. The summed E-state index contributed by atoms with van der Waals surface area (Å²) >= 11 is 0. The average molecular weight is 404 g/mol. The van der Waals surface area contributed by atoms with Crippen molar-refractivity contribution in [2.24, 2.45) is 0 Å². The molecule has 0 bridgehead atoms. The van der Waals surface area contributed by atoms with Crippen LogP contribution in [-0.2, 0) is 0 Å².